The van der Waals surface area contributed by atoms with Gasteiger partial charge in [0.05, 0.1) is 22.3 Å². The standard InChI is InChI=1S/C22H23Cl2F2N3O2/c1-28(19-12-27-18-4-2-3-15(23)20(18)31-19)13-22(26)7-9-29(10-8-22)21(30)14-5-6-17(25)16(24)11-14/h2-6,11,19,27H,7-10,12-13H2,1H3. The van der Waals surface area contributed by atoms with E-state index in [1.165, 1.54) is 12.1 Å². The fourth-order valence-corrected chi connectivity index (χ4v) is 4.42. The molecule has 0 saturated carbocycles. The molecule has 0 aromatic heterocycles. The Morgan fingerprint density at radius 1 is 1.26 bits per heavy atom. The first kappa shape index (κ1) is 22.1. The molecule has 2 heterocycles. The number of benzene rings is 2. The summed E-state index contributed by atoms with van der Waals surface area (Å²) in [5.41, 5.74) is -0.331. The number of rotatable bonds is 4. The Hall–Kier alpha value is -2.09. The van der Waals surface area contributed by atoms with Crippen LogP contribution >= 0.6 is 23.2 Å². The molecule has 1 unspecified atom stereocenters. The molecule has 2 aromatic carbocycles. The van der Waals surface area contributed by atoms with Crippen LogP contribution in [-0.2, 0) is 0 Å². The Bertz CT molecular complexity index is 983. The van der Waals surface area contributed by atoms with Gasteiger partial charge in [0.2, 0.25) is 0 Å². The van der Waals surface area contributed by atoms with E-state index in [9.17, 15) is 9.18 Å². The summed E-state index contributed by atoms with van der Waals surface area (Å²) in [7, 11) is 1.81. The van der Waals surface area contributed by atoms with Crippen molar-refractivity contribution in [2.75, 3.05) is 38.5 Å². The number of para-hydroxylation sites is 1. The number of carbonyl (C=O) groups is 1. The van der Waals surface area contributed by atoms with Crippen LogP contribution < -0.4 is 10.1 Å². The molecule has 2 aromatic rings. The molecule has 166 valence electrons. The summed E-state index contributed by atoms with van der Waals surface area (Å²) in [6.07, 6.45) is 0.0476. The van der Waals surface area contributed by atoms with Gasteiger partial charge in [-0.3, -0.25) is 9.69 Å². The molecule has 2 aliphatic heterocycles. The van der Waals surface area contributed by atoms with Crippen LogP contribution in [0.15, 0.2) is 36.4 Å². The number of alkyl halides is 1. The number of fused-ring (bicyclic) bond motifs is 1. The summed E-state index contributed by atoms with van der Waals surface area (Å²) in [6.45, 7) is 1.23. The lowest BCUT2D eigenvalue weighted by Crippen LogP contribution is -2.53. The number of nitrogens with zero attached hydrogens (tertiary/aromatic N) is 2. The molecule has 1 amide bonds. The Morgan fingerprint density at radius 3 is 2.71 bits per heavy atom. The minimum absolute atomic E-state index is 0.105. The molecule has 4 rings (SSSR count). The monoisotopic (exact) mass is 469 g/mol. The van der Waals surface area contributed by atoms with E-state index in [2.05, 4.69) is 5.32 Å². The zero-order valence-corrected chi connectivity index (χ0v) is 18.5. The summed E-state index contributed by atoms with van der Waals surface area (Å²) in [5, 5.41) is 3.67. The van der Waals surface area contributed by atoms with Crippen molar-refractivity contribution in [2.24, 2.45) is 0 Å². The minimum Gasteiger partial charge on any atom is -0.469 e. The van der Waals surface area contributed by atoms with Crippen molar-refractivity contribution in [3.63, 3.8) is 0 Å². The molecule has 5 nitrogen and oxygen atoms in total. The van der Waals surface area contributed by atoms with Gasteiger partial charge in [-0.2, -0.15) is 0 Å². The van der Waals surface area contributed by atoms with Gasteiger partial charge in [-0.05, 0) is 37.4 Å². The van der Waals surface area contributed by atoms with Gasteiger partial charge in [0.15, 0.2) is 12.0 Å². The van der Waals surface area contributed by atoms with Crippen molar-refractivity contribution in [1.29, 1.82) is 0 Å². The van der Waals surface area contributed by atoms with Crippen LogP contribution in [0, 0.1) is 5.82 Å². The van der Waals surface area contributed by atoms with E-state index < -0.39 is 11.5 Å². The second kappa shape index (κ2) is 8.81. The lowest BCUT2D eigenvalue weighted by atomic mass is 9.92. The van der Waals surface area contributed by atoms with Crippen LogP contribution in [0.3, 0.4) is 0 Å². The predicted molar refractivity (Wildman–Crippen MR) is 117 cm³/mol. The number of hydrogen-bond donors (Lipinski definition) is 1. The number of hydrogen-bond acceptors (Lipinski definition) is 4. The molecule has 0 radical (unpaired) electrons. The van der Waals surface area contributed by atoms with Crippen LogP contribution in [0.4, 0.5) is 14.5 Å². The molecule has 1 N–H and O–H groups in total. The molecule has 0 aliphatic carbocycles. The molecular weight excluding hydrogens is 447 g/mol. The van der Waals surface area contributed by atoms with Gasteiger partial charge >= 0.3 is 0 Å². The summed E-state index contributed by atoms with van der Waals surface area (Å²) in [5.74, 6) is -0.284. The molecule has 0 bridgehead atoms. The van der Waals surface area contributed by atoms with Gasteiger partial charge in [-0.15, -0.1) is 0 Å². The Kier molecular flexibility index (Phi) is 6.28. The van der Waals surface area contributed by atoms with Crippen molar-refractivity contribution in [3.05, 3.63) is 57.8 Å². The van der Waals surface area contributed by atoms with Crippen molar-refractivity contribution in [1.82, 2.24) is 9.80 Å². The van der Waals surface area contributed by atoms with E-state index in [-0.39, 0.29) is 49.6 Å². The summed E-state index contributed by atoms with van der Waals surface area (Å²) >= 11 is 12.0. The topological polar surface area (TPSA) is 44.8 Å². The van der Waals surface area contributed by atoms with Crippen LogP contribution in [-0.4, -0.2) is 60.8 Å². The Labute approximate surface area is 189 Å². The second-order valence-corrected chi connectivity index (χ2v) is 8.87. The normalized spacial score (nSPS) is 20.1. The second-order valence-electron chi connectivity index (χ2n) is 8.06. The Morgan fingerprint density at radius 2 is 2.00 bits per heavy atom. The van der Waals surface area contributed by atoms with E-state index in [1.54, 1.807) is 11.0 Å². The maximum atomic E-state index is 15.6. The van der Waals surface area contributed by atoms with Gasteiger partial charge < -0.3 is 15.0 Å². The molecule has 1 saturated heterocycles. The first-order chi connectivity index (χ1) is 14.8. The van der Waals surface area contributed by atoms with Crippen molar-refractivity contribution < 1.29 is 18.3 Å². The highest BCUT2D eigenvalue weighted by molar-refractivity contribution is 6.32. The first-order valence-corrected chi connectivity index (χ1v) is 10.8. The SMILES string of the molecule is CN(CC1(F)CCN(C(=O)c2ccc(F)c(Cl)c2)CC1)C1CNc2cccc(Cl)c2O1. The third-order valence-electron chi connectivity index (χ3n) is 5.83. The van der Waals surface area contributed by atoms with Crippen LogP contribution in [0.1, 0.15) is 23.2 Å². The smallest absolute Gasteiger partial charge is 0.253 e. The predicted octanol–water partition coefficient (Wildman–Crippen LogP) is 4.84. The lowest BCUT2D eigenvalue weighted by Gasteiger charge is -2.41. The minimum atomic E-state index is -1.45. The summed E-state index contributed by atoms with van der Waals surface area (Å²) in [6, 6.07) is 9.34. The number of likely N-dealkylation sites (N-methyl/N-ethyl adjacent to an activating group) is 1. The van der Waals surface area contributed by atoms with Crippen LogP contribution in [0.5, 0.6) is 5.75 Å². The quantitative estimate of drug-likeness (QED) is 0.695. The molecule has 2 aliphatic rings. The van der Waals surface area contributed by atoms with Crippen LogP contribution in [0.2, 0.25) is 10.0 Å². The lowest BCUT2D eigenvalue weighted by molar-refractivity contribution is -0.0191. The number of anilines is 1. The number of amides is 1. The third-order valence-corrected chi connectivity index (χ3v) is 6.41. The molecule has 1 atom stereocenters. The van der Waals surface area contributed by atoms with Crippen molar-refractivity contribution >= 4 is 34.8 Å². The van der Waals surface area contributed by atoms with Crippen LogP contribution in [0.25, 0.3) is 0 Å². The number of nitrogens with one attached hydrogen (secondary N) is 1. The van der Waals surface area contributed by atoms with E-state index in [0.717, 1.165) is 11.8 Å². The number of halogens is 4. The number of likely N-dealkylation sites (tertiary alicyclic amines) is 1. The van der Waals surface area contributed by atoms with E-state index in [1.807, 2.05) is 24.1 Å². The van der Waals surface area contributed by atoms with Gasteiger partial charge in [0, 0.05) is 38.0 Å². The van der Waals surface area contributed by atoms with E-state index in [4.69, 9.17) is 27.9 Å². The fourth-order valence-electron chi connectivity index (χ4n) is 4.02. The highest BCUT2D eigenvalue weighted by Crippen LogP contribution is 2.37. The zero-order valence-electron chi connectivity index (χ0n) is 17.0. The maximum Gasteiger partial charge on any atom is 0.253 e. The van der Waals surface area contributed by atoms with Gasteiger partial charge in [-0.1, -0.05) is 29.3 Å². The summed E-state index contributed by atoms with van der Waals surface area (Å²) in [4.78, 5) is 16.1. The molecule has 31 heavy (non-hydrogen) atoms. The van der Waals surface area contributed by atoms with E-state index in [0.29, 0.717) is 22.9 Å². The average Bonchev–Trinajstić information content (AvgIpc) is 2.75. The van der Waals surface area contributed by atoms with Gasteiger partial charge in [-0.25, -0.2) is 8.78 Å². The third kappa shape index (κ3) is 4.73. The maximum absolute atomic E-state index is 15.6. The number of ether oxygens (including phenoxy) is 1. The molecule has 9 heteroatoms. The van der Waals surface area contributed by atoms with Gasteiger partial charge in [0.1, 0.15) is 11.5 Å². The largest absolute Gasteiger partial charge is 0.469 e. The Balaban J connectivity index is 1.35. The highest BCUT2D eigenvalue weighted by Gasteiger charge is 2.39. The molecule has 1 fully saturated rings. The van der Waals surface area contributed by atoms with Gasteiger partial charge in [0.25, 0.3) is 5.91 Å². The highest BCUT2D eigenvalue weighted by atomic mass is 35.5. The summed E-state index contributed by atoms with van der Waals surface area (Å²) < 4.78 is 34.9. The average molecular weight is 470 g/mol. The van der Waals surface area contributed by atoms with Crippen molar-refractivity contribution in [3.8, 4) is 5.75 Å². The molecular formula is C22H23Cl2F2N3O2. The molecule has 0 spiro atoms. The fraction of sp³-hybridized carbons (Fsp3) is 0.409. The van der Waals surface area contributed by atoms with E-state index >= 15 is 4.39 Å². The number of carbonyl (C=O) groups excluding carboxylic acids is 1. The first-order valence-electron chi connectivity index (χ1n) is 10.1. The number of piperidine rings is 1. The zero-order chi connectivity index (χ0) is 22.2. The van der Waals surface area contributed by atoms with Crippen molar-refractivity contribution in [2.45, 2.75) is 24.7 Å².